The Hall–Kier alpha value is -1.56. The number of aliphatic imine (C=N–C) groups is 1. The Balaban J connectivity index is 1.72. The van der Waals surface area contributed by atoms with Crippen LogP contribution in [-0.4, -0.2) is 49.5 Å². The summed E-state index contributed by atoms with van der Waals surface area (Å²) in [5.74, 6) is 1.62. The second kappa shape index (κ2) is 9.67. The van der Waals surface area contributed by atoms with Crippen molar-refractivity contribution < 1.29 is 4.79 Å². The van der Waals surface area contributed by atoms with Crippen LogP contribution < -0.4 is 10.6 Å². The lowest BCUT2D eigenvalue weighted by Gasteiger charge is -2.27. The van der Waals surface area contributed by atoms with Gasteiger partial charge in [0.2, 0.25) is 5.91 Å². The van der Waals surface area contributed by atoms with Crippen molar-refractivity contribution in [2.24, 2.45) is 4.99 Å². The van der Waals surface area contributed by atoms with E-state index in [1.807, 2.05) is 0 Å². The lowest BCUT2D eigenvalue weighted by Crippen LogP contribution is -2.42. The molecule has 1 saturated heterocycles. The van der Waals surface area contributed by atoms with Crippen LogP contribution in [-0.2, 0) is 4.79 Å². The van der Waals surface area contributed by atoms with Crippen molar-refractivity contribution in [1.82, 2.24) is 15.5 Å². The van der Waals surface area contributed by atoms with Gasteiger partial charge in [-0.2, -0.15) is 0 Å². The number of hydrogen-bond acceptors (Lipinski definition) is 3. The van der Waals surface area contributed by atoms with Crippen molar-refractivity contribution in [2.45, 2.75) is 51.5 Å². The average Bonchev–Trinajstić information content (AvgIpc) is 3.26. The number of amides is 1. The lowest BCUT2D eigenvalue weighted by molar-refractivity contribution is -0.129. The molecule has 1 aliphatic rings. The van der Waals surface area contributed by atoms with Gasteiger partial charge in [0.15, 0.2) is 5.96 Å². The highest BCUT2D eigenvalue weighted by molar-refractivity contribution is 7.10. The van der Waals surface area contributed by atoms with Gasteiger partial charge in [0.1, 0.15) is 0 Å². The summed E-state index contributed by atoms with van der Waals surface area (Å²) >= 11 is 1.79. The topological polar surface area (TPSA) is 56.7 Å². The van der Waals surface area contributed by atoms with Crippen LogP contribution in [0.15, 0.2) is 22.5 Å². The third-order valence-corrected chi connectivity index (χ3v) is 5.72. The summed E-state index contributed by atoms with van der Waals surface area (Å²) in [5, 5.41) is 8.88. The summed E-state index contributed by atoms with van der Waals surface area (Å²) in [6.07, 6.45) is 3.69. The minimum Gasteiger partial charge on any atom is -0.356 e. The van der Waals surface area contributed by atoms with Crippen LogP contribution in [0.3, 0.4) is 0 Å². The normalized spacial score (nSPS) is 17.9. The van der Waals surface area contributed by atoms with Gasteiger partial charge in [-0.15, -0.1) is 11.3 Å². The molecule has 5 nitrogen and oxygen atoms in total. The molecular formula is C18H30N4OS. The number of likely N-dealkylation sites (tertiary alicyclic amines) is 1. The maximum absolute atomic E-state index is 11.9. The fraction of sp³-hybridized carbons (Fsp3) is 0.667. The molecule has 24 heavy (non-hydrogen) atoms. The minimum atomic E-state index is 0.314. The number of rotatable bonds is 8. The average molecular weight is 351 g/mol. The molecule has 1 amide bonds. The first-order valence-electron chi connectivity index (χ1n) is 8.93. The Kier molecular flexibility index (Phi) is 7.56. The molecule has 1 aromatic heterocycles. The number of carbonyl (C=O) groups is 1. The van der Waals surface area contributed by atoms with E-state index in [0.29, 0.717) is 24.3 Å². The molecule has 1 aliphatic heterocycles. The lowest BCUT2D eigenvalue weighted by atomic mass is 10.1. The van der Waals surface area contributed by atoms with Crippen LogP contribution in [0.4, 0.5) is 0 Å². The van der Waals surface area contributed by atoms with Gasteiger partial charge in [-0.05, 0) is 30.7 Å². The molecule has 2 rings (SSSR count). The fourth-order valence-electron chi connectivity index (χ4n) is 3.14. The van der Waals surface area contributed by atoms with Crippen LogP contribution in [0.2, 0.25) is 0 Å². The van der Waals surface area contributed by atoms with Crippen LogP contribution in [0.5, 0.6) is 0 Å². The van der Waals surface area contributed by atoms with Gasteiger partial charge in [-0.1, -0.05) is 19.9 Å². The molecule has 2 unspecified atom stereocenters. The number of nitrogens with zero attached hydrogens (tertiary/aromatic N) is 2. The SMILES string of the molecule is CCC(CCNC(=NC)NCC(C)c1cccs1)N1CCCC1=O. The molecule has 0 spiro atoms. The molecule has 1 fully saturated rings. The molecule has 0 saturated carbocycles. The van der Waals surface area contributed by atoms with E-state index < -0.39 is 0 Å². The molecule has 134 valence electrons. The van der Waals surface area contributed by atoms with Gasteiger partial charge in [0.05, 0.1) is 0 Å². The van der Waals surface area contributed by atoms with E-state index in [4.69, 9.17) is 0 Å². The van der Waals surface area contributed by atoms with Gasteiger partial charge < -0.3 is 15.5 Å². The van der Waals surface area contributed by atoms with Crippen molar-refractivity contribution in [3.8, 4) is 0 Å². The van der Waals surface area contributed by atoms with Gasteiger partial charge in [-0.25, -0.2) is 0 Å². The first-order chi connectivity index (χ1) is 11.7. The summed E-state index contributed by atoms with van der Waals surface area (Å²) in [7, 11) is 1.80. The van der Waals surface area contributed by atoms with Gasteiger partial charge in [-0.3, -0.25) is 9.79 Å². The molecule has 2 N–H and O–H groups in total. The van der Waals surface area contributed by atoms with Crippen molar-refractivity contribution in [3.63, 3.8) is 0 Å². The van der Waals surface area contributed by atoms with E-state index in [1.54, 1.807) is 18.4 Å². The summed E-state index contributed by atoms with van der Waals surface area (Å²) in [4.78, 5) is 19.6. The molecule has 1 aromatic rings. The van der Waals surface area contributed by atoms with E-state index in [-0.39, 0.29) is 0 Å². The van der Waals surface area contributed by atoms with Crippen LogP contribution in [0.1, 0.15) is 50.3 Å². The zero-order valence-electron chi connectivity index (χ0n) is 15.0. The second-order valence-corrected chi connectivity index (χ2v) is 7.32. The van der Waals surface area contributed by atoms with Crippen LogP contribution in [0, 0.1) is 0 Å². The smallest absolute Gasteiger partial charge is 0.222 e. The largest absolute Gasteiger partial charge is 0.356 e. The van der Waals surface area contributed by atoms with E-state index in [2.05, 4.69) is 51.9 Å². The van der Waals surface area contributed by atoms with Crippen molar-refractivity contribution in [3.05, 3.63) is 22.4 Å². The highest BCUT2D eigenvalue weighted by Crippen LogP contribution is 2.19. The monoisotopic (exact) mass is 350 g/mol. The number of thiophene rings is 1. The van der Waals surface area contributed by atoms with E-state index in [1.165, 1.54) is 4.88 Å². The molecule has 2 heterocycles. The Bertz CT molecular complexity index is 529. The first-order valence-corrected chi connectivity index (χ1v) is 9.81. The number of guanidine groups is 1. The molecular weight excluding hydrogens is 320 g/mol. The van der Waals surface area contributed by atoms with Crippen LogP contribution >= 0.6 is 11.3 Å². The number of nitrogens with one attached hydrogen (secondary N) is 2. The Labute approximate surface area is 149 Å². The predicted molar refractivity (Wildman–Crippen MR) is 102 cm³/mol. The maximum Gasteiger partial charge on any atom is 0.222 e. The Morgan fingerprint density at radius 1 is 1.46 bits per heavy atom. The first kappa shape index (κ1) is 18.8. The zero-order chi connectivity index (χ0) is 17.4. The summed E-state index contributed by atoms with van der Waals surface area (Å²) < 4.78 is 0. The maximum atomic E-state index is 11.9. The molecule has 0 bridgehead atoms. The summed E-state index contributed by atoms with van der Waals surface area (Å²) in [5.41, 5.74) is 0. The summed E-state index contributed by atoms with van der Waals surface area (Å²) in [6, 6.07) is 4.61. The zero-order valence-corrected chi connectivity index (χ0v) is 15.9. The fourth-order valence-corrected chi connectivity index (χ4v) is 3.92. The van der Waals surface area contributed by atoms with E-state index in [0.717, 1.165) is 44.9 Å². The van der Waals surface area contributed by atoms with Gasteiger partial charge in [0, 0.05) is 49.9 Å². The number of carbonyl (C=O) groups excluding carboxylic acids is 1. The van der Waals surface area contributed by atoms with E-state index >= 15 is 0 Å². The van der Waals surface area contributed by atoms with Gasteiger partial charge in [0.25, 0.3) is 0 Å². The van der Waals surface area contributed by atoms with Crippen molar-refractivity contribution >= 4 is 23.2 Å². The second-order valence-electron chi connectivity index (χ2n) is 6.34. The number of hydrogen-bond donors (Lipinski definition) is 2. The molecule has 0 aromatic carbocycles. The highest BCUT2D eigenvalue weighted by Gasteiger charge is 2.26. The molecule has 0 radical (unpaired) electrons. The molecule has 2 atom stereocenters. The van der Waals surface area contributed by atoms with Gasteiger partial charge >= 0.3 is 0 Å². The Morgan fingerprint density at radius 2 is 2.29 bits per heavy atom. The minimum absolute atomic E-state index is 0.314. The third-order valence-electron chi connectivity index (χ3n) is 4.62. The molecule has 6 heteroatoms. The standard InChI is InChI=1S/C18H30N4OS/c1-4-15(22-11-5-8-17(22)23)9-10-20-18(19-3)21-13-14(2)16-7-6-12-24-16/h6-7,12,14-15H,4-5,8-11,13H2,1-3H3,(H2,19,20,21). The van der Waals surface area contributed by atoms with E-state index in [9.17, 15) is 4.79 Å². The predicted octanol–water partition coefficient (Wildman–Crippen LogP) is 2.81. The van der Waals surface area contributed by atoms with Crippen molar-refractivity contribution in [1.29, 1.82) is 0 Å². The molecule has 0 aliphatic carbocycles. The highest BCUT2D eigenvalue weighted by atomic mass is 32.1. The third kappa shape index (κ3) is 5.23. The van der Waals surface area contributed by atoms with Crippen LogP contribution in [0.25, 0.3) is 0 Å². The Morgan fingerprint density at radius 3 is 2.88 bits per heavy atom. The summed E-state index contributed by atoms with van der Waals surface area (Å²) in [6.45, 7) is 6.99. The quantitative estimate of drug-likeness (QED) is 0.560. The van der Waals surface area contributed by atoms with Crippen molar-refractivity contribution in [2.75, 3.05) is 26.7 Å².